The van der Waals surface area contributed by atoms with E-state index in [-0.39, 0.29) is 0 Å². The molecule has 0 saturated carbocycles. The molecule has 0 amide bonds. The third-order valence-electron chi connectivity index (χ3n) is 2.65. The molecule has 0 unspecified atom stereocenters. The van der Waals surface area contributed by atoms with Crippen LogP contribution in [0.4, 0.5) is 0 Å². The highest BCUT2D eigenvalue weighted by Crippen LogP contribution is 2.30. The lowest BCUT2D eigenvalue weighted by molar-refractivity contribution is 1.58. The lowest BCUT2D eigenvalue weighted by Gasteiger charge is -2.09. The fourth-order valence-electron chi connectivity index (χ4n) is 1.78. The predicted octanol–water partition coefficient (Wildman–Crippen LogP) is 5.24. The minimum absolute atomic E-state index is 0.758. The molecule has 0 atom stereocenters. The summed E-state index contributed by atoms with van der Waals surface area (Å²) in [5.74, 6) is 3.32. The smallest absolute Gasteiger partial charge is 0.127 e. The number of benzene rings is 2. The maximum absolute atomic E-state index is 6.36. The van der Waals surface area contributed by atoms with E-state index in [0.29, 0.717) is 0 Å². The van der Waals surface area contributed by atoms with Crippen molar-refractivity contribution < 1.29 is 0 Å². The Balaban J connectivity index is 2.57. The average molecular weight is 285 g/mol. The van der Waals surface area contributed by atoms with Crippen LogP contribution in [0, 0.1) is 11.5 Å². The van der Waals surface area contributed by atoms with Crippen LogP contribution in [0.25, 0.3) is 11.1 Å². The minimum atomic E-state index is -1.39. The van der Waals surface area contributed by atoms with E-state index in [4.69, 9.17) is 11.6 Å². The molecule has 2 heteroatoms. The average Bonchev–Trinajstić information content (AvgIpc) is 2.36. The quantitative estimate of drug-likeness (QED) is 0.496. The molecule has 0 aromatic heterocycles. The van der Waals surface area contributed by atoms with E-state index in [0.717, 1.165) is 21.7 Å². The molecule has 0 aliphatic heterocycles. The Morgan fingerprint density at radius 2 is 1.58 bits per heavy atom. The highest BCUT2D eigenvalue weighted by atomic mass is 35.5. The second-order valence-electron chi connectivity index (χ2n) is 5.53. The number of hydrogen-bond acceptors (Lipinski definition) is 0. The maximum atomic E-state index is 6.36. The van der Waals surface area contributed by atoms with Crippen molar-refractivity contribution in [3.63, 3.8) is 0 Å². The zero-order chi connectivity index (χ0) is 13.9. The molecule has 0 nitrogen and oxygen atoms in total. The molecular weight excluding hydrogens is 268 g/mol. The van der Waals surface area contributed by atoms with Gasteiger partial charge in [0.25, 0.3) is 0 Å². The van der Waals surface area contributed by atoms with Crippen molar-refractivity contribution in [1.82, 2.24) is 0 Å². The van der Waals surface area contributed by atoms with Gasteiger partial charge in [-0.1, -0.05) is 73.6 Å². The van der Waals surface area contributed by atoms with Crippen molar-refractivity contribution in [3.05, 3.63) is 59.1 Å². The number of hydrogen-bond donors (Lipinski definition) is 0. The monoisotopic (exact) mass is 284 g/mol. The third-order valence-corrected chi connectivity index (χ3v) is 3.84. The number of rotatable bonds is 1. The lowest BCUT2D eigenvalue weighted by atomic mass is 10.0. The van der Waals surface area contributed by atoms with Gasteiger partial charge in [0.1, 0.15) is 8.07 Å². The van der Waals surface area contributed by atoms with Gasteiger partial charge in [0, 0.05) is 16.1 Å². The molecule has 0 spiro atoms. The van der Waals surface area contributed by atoms with E-state index in [2.05, 4.69) is 43.2 Å². The van der Waals surface area contributed by atoms with E-state index >= 15 is 0 Å². The van der Waals surface area contributed by atoms with Crippen LogP contribution < -0.4 is 0 Å². The highest BCUT2D eigenvalue weighted by Gasteiger charge is 2.10. The minimum Gasteiger partial charge on any atom is -0.127 e. The van der Waals surface area contributed by atoms with Crippen LogP contribution in [-0.2, 0) is 0 Å². The second kappa shape index (κ2) is 5.65. The first-order chi connectivity index (χ1) is 8.97. The van der Waals surface area contributed by atoms with Crippen molar-refractivity contribution in [2.24, 2.45) is 0 Å². The van der Waals surface area contributed by atoms with Gasteiger partial charge in [-0.25, -0.2) is 0 Å². The first kappa shape index (κ1) is 13.9. The molecule has 0 fully saturated rings. The van der Waals surface area contributed by atoms with Gasteiger partial charge in [-0.05, 0) is 17.7 Å². The van der Waals surface area contributed by atoms with Gasteiger partial charge < -0.3 is 0 Å². The summed E-state index contributed by atoms with van der Waals surface area (Å²) in [6.07, 6.45) is 0. The Labute approximate surface area is 121 Å². The van der Waals surface area contributed by atoms with Crippen LogP contribution >= 0.6 is 11.6 Å². The molecule has 0 radical (unpaired) electrons. The maximum Gasteiger partial charge on any atom is 0.129 e. The fourth-order valence-corrected chi connectivity index (χ4v) is 2.57. The van der Waals surface area contributed by atoms with Gasteiger partial charge in [0.05, 0.1) is 0 Å². The topological polar surface area (TPSA) is 0 Å². The van der Waals surface area contributed by atoms with E-state index < -0.39 is 8.07 Å². The van der Waals surface area contributed by atoms with Crippen LogP contribution in [0.15, 0.2) is 48.5 Å². The zero-order valence-corrected chi connectivity index (χ0v) is 13.3. The van der Waals surface area contributed by atoms with Gasteiger partial charge >= 0.3 is 0 Å². The van der Waals surface area contributed by atoms with Gasteiger partial charge in [0.15, 0.2) is 0 Å². The van der Waals surface area contributed by atoms with E-state index in [1.165, 1.54) is 0 Å². The Hall–Kier alpha value is -1.49. The van der Waals surface area contributed by atoms with Gasteiger partial charge in [0.2, 0.25) is 0 Å². The molecule has 0 saturated heterocycles. The molecule has 19 heavy (non-hydrogen) atoms. The number of halogens is 1. The summed E-state index contributed by atoms with van der Waals surface area (Å²) in [4.78, 5) is 0. The van der Waals surface area contributed by atoms with Crippen molar-refractivity contribution in [3.8, 4) is 22.6 Å². The summed E-state index contributed by atoms with van der Waals surface area (Å²) in [6, 6.07) is 16.1. The SMILES string of the molecule is C[Si](C)(C)C#Cc1cccc(Cl)c1-c1ccccc1. The molecular formula is C17H17ClSi. The van der Waals surface area contributed by atoms with Crippen molar-refractivity contribution in [2.75, 3.05) is 0 Å². The summed E-state index contributed by atoms with van der Waals surface area (Å²) >= 11 is 6.36. The Morgan fingerprint density at radius 1 is 0.895 bits per heavy atom. The normalized spacial score (nSPS) is 10.7. The Bertz CT molecular complexity index is 628. The Morgan fingerprint density at radius 3 is 2.21 bits per heavy atom. The van der Waals surface area contributed by atoms with Gasteiger partial charge in [-0.15, -0.1) is 5.54 Å². The van der Waals surface area contributed by atoms with E-state index in [1.807, 2.05) is 36.4 Å². The summed E-state index contributed by atoms with van der Waals surface area (Å²) in [5.41, 5.74) is 6.58. The molecule has 0 N–H and O–H groups in total. The molecule has 2 aromatic carbocycles. The summed E-state index contributed by atoms with van der Waals surface area (Å²) in [5, 5.41) is 0.758. The first-order valence-electron chi connectivity index (χ1n) is 6.34. The van der Waals surface area contributed by atoms with Crippen LogP contribution in [-0.4, -0.2) is 8.07 Å². The zero-order valence-electron chi connectivity index (χ0n) is 11.5. The molecule has 0 aliphatic carbocycles. The van der Waals surface area contributed by atoms with Crippen molar-refractivity contribution in [2.45, 2.75) is 19.6 Å². The third kappa shape index (κ3) is 3.73. The van der Waals surface area contributed by atoms with E-state index in [1.54, 1.807) is 0 Å². The van der Waals surface area contributed by atoms with Crippen molar-refractivity contribution in [1.29, 1.82) is 0 Å². The molecule has 0 aliphatic rings. The highest BCUT2D eigenvalue weighted by molar-refractivity contribution is 6.83. The van der Waals surface area contributed by atoms with Gasteiger partial charge in [-0.2, -0.15) is 0 Å². The lowest BCUT2D eigenvalue weighted by Crippen LogP contribution is -2.16. The Kier molecular flexibility index (Phi) is 4.14. The van der Waals surface area contributed by atoms with Crippen molar-refractivity contribution >= 4 is 19.7 Å². The summed E-state index contributed by atoms with van der Waals surface area (Å²) in [6.45, 7) is 6.73. The van der Waals surface area contributed by atoms with Crippen LogP contribution in [0.2, 0.25) is 24.7 Å². The largest absolute Gasteiger partial charge is 0.129 e. The molecule has 0 bridgehead atoms. The predicted molar refractivity (Wildman–Crippen MR) is 87.1 cm³/mol. The molecule has 2 rings (SSSR count). The molecule has 2 aromatic rings. The van der Waals surface area contributed by atoms with Gasteiger partial charge in [-0.3, -0.25) is 0 Å². The molecule has 96 valence electrons. The van der Waals surface area contributed by atoms with Crippen LogP contribution in [0.1, 0.15) is 5.56 Å². The first-order valence-corrected chi connectivity index (χ1v) is 10.2. The summed E-state index contributed by atoms with van der Waals surface area (Å²) in [7, 11) is -1.39. The van der Waals surface area contributed by atoms with Crippen LogP contribution in [0.5, 0.6) is 0 Å². The summed E-state index contributed by atoms with van der Waals surface area (Å²) < 4.78 is 0. The fraction of sp³-hybridized carbons (Fsp3) is 0.176. The van der Waals surface area contributed by atoms with Crippen LogP contribution in [0.3, 0.4) is 0 Å². The molecule has 0 heterocycles. The standard InChI is InChI=1S/C17H17ClSi/c1-19(2,3)13-12-15-10-7-11-16(18)17(15)14-8-5-4-6-9-14/h4-11H,1-3H3. The second-order valence-corrected chi connectivity index (χ2v) is 10.7. The van der Waals surface area contributed by atoms with E-state index in [9.17, 15) is 0 Å².